The molecule has 0 radical (unpaired) electrons. The first kappa shape index (κ1) is 20.4. The molecule has 0 bridgehead atoms. The third kappa shape index (κ3) is 4.65. The van der Waals surface area contributed by atoms with Gasteiger partial charge in [0, 0.05) is 5.39 Å². The van der Waals surface area contributed by atoms with Gasteiger partial charge in [-0.1, -0.05) is 36.4 Å². The molecule has 0 aliphatic heterocycles. The minimum absolute atomic E-state index is 0.0296. The van der Waals surface area contributed by atoms with Crippen LogP contribution in [0.1, 0.15) is 10.4 Å². The minimum Gasteiger partial charge on any atom is -0.495 e. The Hall–Kier alpha value is -3.91. The molecule has 8 heteroatoms. The van der Waals surface area contributed by atoms with Crippen molar-refractivity contribution < 1.29 is 14.3 Å². The number of anilines is 1. The molecule has 0 aliphatic rings. The molecule has 2 heterocycles. The lowest BCUT2D eigenvalue weighted by atomic mass is 10.1. The van der Waals surface area contributed by atoms with Gasteiger partial charge in [0.1, 0.15) is 5.75 Å². The van der Waals surface area contributed by atoms with E-state index in [0.717, 1.165) is 4.88 Å². The van der Waals surface area contributed by atoms with Crippen molar-refractivity contribution in [2.75, 3.05) is 19.0 Å². The SMILES string of the molecule is COc1ccccc1NCC(=O)NNC(=O)c1cc(-c2cccs2)nc2ccccc12. The van der Waals surface area contributed by atoms with Crippen LogP contribution in [0.2, 0.25) is 0 Å². The van der Waals surface area contributed by atoms with Gasteiger partial charge in [-0.05, 0) is 35.7 Å². The van der Waals surface area contributed by atoms with Crippen LogP contribution in [0.5, 0.6) is 5.75 Å². The number of hydrogen-bond donors (Lipinski definition) is 3. The van der Waals surface area contributed by atoms with Crippen LogP contribution in [0.3, 0.4) is 0 Å². The van der Waals surface area contributed by atoms with Gasteiger partial charge in [0.05, 0.1) is 41.0 Å². The van der Waals surface area contributed by atoms with Gasteiger partial charge in [0.25, 0.3) is 11.8 Å². The summed E-state index contributed by atoms with van der Waals surface area (Å²) in [6, 6.07) is 20.3. The number of aromatic nitrogens is 1. The van der Waals surface area contributed by atoms with E-state index in [1.54, 1.807) is 36.6 Å². The molecule has 7 nitrogen and oxygen atoms in total. The summed E-state index contributed by atoms with van der Waals surface area (Å²) < 4.78 is 5.25. The summed E-state index contributed by atoms with van der Waals surface area (Å²) >= 11 is 1.55. The lowest BCUT2D eigenvalue weighted by molar-refractivity contribution is -0.120. The maximum absolute atomic E-state index is 12.9. The molecule has 0 aliphatic carbocycles. The van der Waals surface area contributed by atoms with E-state index in [4.69, 9.17) is 4.74 Å². The Morgan fingerprint density at radius 2 is 1.81 bits per heavy atom. The van der Waals surface area contributed by atoms with Crippen molar-refractivity contribution in [3.8, 4) is 16.3 Å². The number of carbonyl (C=O) groups excluding carboxylic acids is 2. The molecule has 2 aromatic carbocycles. The average Bonchev–Trinajstić information content (AvgIpc) is 3.35. The van der Waals surface area contributed by atoms with Gasteiger partial charge in [-0.3, -0.25) is 20.4 Å². The minimum atomic E-state index is -0.415. The number of amides is 2. The molecule has 2 amide bonds. The van der Waals surface area contributed by atoms with Crippen molar-refractivity contribution >= 4 is 39.7 Å². The van der Waals surface area contributed by atoms with Crippen molar-refractivity contribution in [2.24, 2.45) is 0 Å². The molecule has 156 valence electrons. The van der Waals surface area contributed by atoms with E-state index < -0.39 is 11.8 Å². The van der Waals surface area contributed by atoms with Crippen LogP contribution >= 0.6 is 11.3 Å². The highest BCUT2D eigenvalue weighted by atomic mass is 32.1. The topological polar surface area (TPSA) is 92.4 Å². The molecule has 0 atom stereocenters. The first-order chi connectivity index (χ1) is 15.2. The molecular formula is C23H20N4O3S. The molecule has 4 aromatic rings. The average molecular weight is 433 g/mol. The number of nitrogens with zero attached hydrogens (tertiary/aromatic N) is 1. The molecule has 0 spiro atoms. The number of carbonyl (C=O) groups is 2. The molecular weight excluding hydrogens is 412 g/mol. The number of fused-ring (bicyclic) bond motifs is 1. The van der Waals surface area contributed by atoms with Gasteiger partial charge in [0.15, 0.2) is 0 Å². The van der Waals surface area contributed by atoms with Crippen LogP contribution in [-0.2, 0) is 4.79 Å². The second-order valence-corrected chi connectivity index (χ2v) is 7.55. The molecule has 0 saturated heterocycles. The molecule has 4 rings (SSSR count). The monoisotopic (exact) mass is 432 g/mol. The third-order valence-corrected chi connectivity index (χ3v) is 5.49. The summed E-state index contributed by atoms with van der Waals surface area (Å²) in [5.41, 5.74) is 7.49. The van der Waals surface area contributed by atoms with Crippen molar-refractivity contribution in [1.29, 1.82) is 0 Å². The fourth-order valence-electron chi connectivity index (χ4n) is 3.12. The van der Waals surface area contributed by atoms with Gasteiger partial charge < -0.3 is 10.1 Å². The van der Waals surface area contributed by atoms with E-state index in [-0.39, 0.29) is 6.54 Å². The van der Waals surface area contributed by atoms with Crippen LogP contribution in [0, 0.1) is 0 Å². The number of rotatable bonds is 6. The Labute approximate surface area is 183 Å². The van der Waals surface area contributed by atoms with Crippen LogP contribution in [0.4, 0.5) is 5.69 Å². The number of methoxy groups -OCH3 is 1. The number of ether oxygens (including phenoxy) is 1. The van der Waals surface area contributed by atoms with E-state index in [1.165, 1.54) is 0 Å². The number of nitrogens with one attached hydrogen (secondary N) is 3. The number of thiophene rings is 1. The predicted octanol–water partition coefficient (Wildman–Crippen LogP) is 3.85. The molecule has 31 heavy (non-hydrogen) atoms. The summed E-state index contributed by atoms with van der Waals surface area (Å²) in [5, 5.41) is 5.66. The third-order valence-electron chi connectivity index (χ3n) is 4.60. The van der Waals surface area contributed by atoms with E-state index >= 15 is 0 Å². The number of pyridine rings is 1. The zero-order chi connectivity index (χ0) is 21.6. The summed E-state index contributed by atoms with van der Waals surface area (Å²) in [5.74, 6) is -0.179. The number of hydrazine groups is 1. The zero-order valence-electron chi connectivity index (χ0n) is 16.7. The lowest BCUT2D eigenvalue weighted by Gasteiger charge is -2.12. The van der Waals surface area contributed by atoms with E-state index in [2.05, 4.69) is 21.2 Å². The van der Waals surface area contributed by atoms with Crippen LogP contribution in [-0.4, -0.2) is 30.5 Å². The first-order valence-corrected chi connectivity index (χ1v) is 10.4. The number of para-hydroxylation sites is 3. The number of hydrogen-bond acceptors (Lipinski definition) is 6. The van der Waals surface area contributed by atoms with E-state index in [0.29, 0.717) is 33.6 Å². The molecule has 0 saturated carbocycles. The largest absolute Gasteiger partial charge is 0.495 e. The predicted molar refractivity (Wildman–Crippen MR) is 122 cm³/mol. The lowest BCUT2D eigenvalue weighted by Crippen LogP contribution is -2.44. The Morgan fingerprint density at radius 3 is 2.61 bits per heavy atom. The van der Waals surface area contributed by atoms with Crippen LogP contribution < -0.4 is 20.9 Å². The number of benzene rings is 2. The fourth-order valence-corrected chi connectivity index (χ4v) is 3.80. The molecule has 0 fully saturated rings. The summed E-state index contributed by atoms with van der Waals surface area (Å²) in [4.78, 5) is 30.7. The Bertz CT molecular complexity index is 1220. The Balaban J connectivity index is 1.46. The van der Waals surface area contributed by atoms with E-state index in [9.17, 15) is 9.59 Å². The van der Waals surface area contributed by atoms with Crippen molar-refractivity contribution in [2.45, 2.75) is 0 Å². The second kappa shape index (κ2) is 9.27. The molecule has 0 unspecified atom stereocenters. The Kier molecular flexibility index (Phi) is 6.09. The maximum atomic E-state index is 12.9. The molecule has 3 N–H and O–H groups in total. The van der Waals surface area contributed by atoms with Gasteiger partial charge in [0.2, 0.25) is 0 Å². The summed E-state index contributed by atoms with van der Waals surface area (Å²) in [6.45, 7) is -0.0296. The van der Waals surface area contributed by atoms with Gasteiger partial charge in [-0.15, -0.1) is 11.3 Å². The van der Waals surface area contributed by atoms with Gasteiger partial charge in [-0.2, -0.15) is 0 Å². The van der Waals surface area contributed by atoms with Gasteiger partial charge in [-0.25, -0.2) is 4.98 Å². The van der Waals surface area contributed by atoms with Crippen molar-refractivity contribution in [3.63, 3.8) is 0 Å². The zero-order valence-corrected chi connectivity index (χ0v) is 17.5. The van der Waals surface area contributed by atoms with Crippen LogP contribution in [0.15, 0.2) is 72.1 Å². The standard InChI is InChI=1S/C23H20N4O3S/c1-30-20-10-5-4-9-18(20)24-14-22(28)26-27-23(29)16-13-19(21-11-6-12-31-21)25-17-8-3-2-7-15(16)17/h2-13,24H,14H2,1H3,(H,26,28)(H,27,29). The maximum Gasteiger partial charge on any atom is 0.270 e. The second-order valence-electron chi connectivity index (χ2n) is 6.61. The Morgan fingerprint density at radius 1 is 1.00 bits per heavy atom. The van der Waals surface area contributed by atoms with E-state index in [1.807, 2.05) is 53.9 Å². The van der Waals surface area contributed by atoms with Crippen molar-refractivity contribution in [1.82, 2.24) is 15.8 Å². The highest BCUT2D eigenvalue weighted by molar-refractivity contribution is 7.13. The highest BCUT2D eigenvalue weighted by Crippen LogP contribution is 2.27. The van der Waals surface area contributed by atoms with Crippen molar-refractivity contribution in [3.05, 3.63) is 77.7 Å². The first-order valence-electron chi connectivity index (χ1n) is 9.55. The summed E-state index contributed by atoms with van der Waals surface area (Å²) in [6.07, 6.45) is 0. The smallest absolute Gasteiger partial charge is 0.270 e. The fraction of sp³-hybridized carbons (Fsp3) is 0.0870. The van der Waals surface area contributed by atoms with Gasteiger partial charge >= 0.3 is 0 Å². The normalized spacial score (nSPS) is 10.5. The quantitative estimate of drug-likeness (QED) is 0.403. The summed E-state index contributed by atoms with van der Waals surface area (Å²) in [7, 11) is 1.56. The van der Waals surface area contributed by atoms with Crippen LogP contribution in [0.25, 0.3) is 21.5 Å². The highest BCUT2D eigenvalue weighted by Gasteiger charge is 2.15. The molecule has 2 aromatic heterocycles.